The van der Waals surface area contributed by atoms with Crippen molar-refractivity contribution in [2.45, 2.75) is 13.3 Å². The van der Waals surface area contributed by atoms with Gasteiger partial charge in [0.15, 0.2) is 5.82 Å². The van der Waals surface area contributed by atoms with Crippen LogP contribution in [0.5, 0.6) is 0 Å². The first-order valence-electron chi connectivity index (χ1n) is 6.29. The standard InChI is InChI=1S/C15H15FN2O2/c1-11-3-2-4-12(9-11)7-8-17-15-6-5-13(18(19)20)10-14(15)16/h2-6,9-10,17H,7-8H2,1H3. The molecule has 0 aliphatic carbocycles. The minimum absolute atomic E-state index is 0.244. The van der Waals surface area contributed by atoms with Gasteiger partial charge in [0.05, 0.1) is 16.7 Å². The van der Waals surface area contributed by atoms with E-state index in [0.717, 1.165) is 12.5 Å². The van der Waals surface area contributed by atoms with Gasteiger partial charge in [-0.2, -0.15) is 0 Å². The Morgan fingerprint density at radius 2 is 2.05 bits per heavy atom. The van der Waals surface area contributed by atoms with E-state index in [9.17, 15) is 14.5 Å². The quantitative estimate of drug-likeness (QED) is 0.668. The van der Waals surface area contributed by atoms with Gasteiger partial charge in [0.1, 0.15) is 0 Å². The second-order valence-electron chi connectivity index (χ2n) is 4.59. The smallest absolute Gasteiger partial charge is 0.272 e. The molecule has 1 N–H and O–H groups in total. The molecule has 0 aliphatic rings. The highest BCUT2D eigenvalue weighted by molar-refractivity contribution is 5.50. The number of aryl methyl sites for hydroxylation is 1. The molecular weight excluding hydrogens is 259 g/mol. The Hall–Kier alpha value is -2.43. The van der Waals surface area contributed by atoms with Crippen LogP contribution < -0.4 is 5.32 Å². The lowest BCUT2D eigenvalue weighted by atomic mass is 10.1. The molecule has 0 fully saturated rings. The number of halogens is 1. The second kappa shape index (κ2) is 6.14. The molecule has 104 valence electrons. The molecule has 20 heavy (non-hydrogen) atoms. The number of nitrogens with one attached hydrogen (secondary N) is 1. The number of nitro benzene ring substituents is 1. The third-order valence-corrected chi connectivity index (χ3v) is 2.98. The van der Waals surface area contributed by atoms with E-state index in [2.05, 4.69) is 11.4 Å². The molecule has 0 bridgehead atoms. The maximum absolute atomic E-state index is 13.6. The van der Waals surface area contributed by atoms with Crippen LogP contribution in [0.3, 0.4) is 0 Å². The molecule has 5 heteroatoms. The molecule has 0 saturated carbocycles. The molecule has 2 aromatic carbocycles. The van der Waals surface area contributed by atoms with Gasteiger partial charge in [-0.05, 0) is 25.0 Å². The molecule has 0 saturated heterocycles. The first-order chi connectivity index (χ1) is 9.56. The van der Waals surface area contributed by atoms with E-state index < -0.39 is 10.7 Å². The molecule has 0 amide bonds. The molecule has 0 spiro atoms. The molecule has 0 aromatic heterocycles. The van der Waals surface area contributed by atoms with E-state index in [0.29, 0.717) is 6.54 Å². The Morgan fingerprint density at radius 3 is 2.70 bits per heavy atom. The number of nitro groups is 1. The largest absolute Gasteiger partial charge is 0.382 e. The van der Waals surface area contributed by atoms with E-state index >= 15 is 0 Å². The van der Waals surface area contributed by atoms with Crippen molar-refractivity contribution in [3.05, 3.63) is 69.5 Å². The predicted molar refractivity (Wildman–Crippen MR) is 76.4 cm³/mol. The van der Waals surface area contributed by atoms with Gasteiger partial charge in [0, 0.05) is 12.6 Å². The summed E-state index contributed by atoms with van der Waals surface area (Å²) in [5, 5.41) is 13.5. The van der Waals surface area contributed by atoms with Crippen LogP contribution in [0.4, 0.5) is 15.8 Å². The van der Waals surface area contributed by atoms with E-state index in [1.165, 1.54) is 23.3 Å². The predicted octanol–water partition coefficient (Wildman–Crippen LogP) is 3.70. The molecular formula is C15H15FN2O2. The highest BCUT2D eigenvalue weighted by Gasteiger charge is 2.10. The summed E-state index contributed by atoms with van der Waals surface area (Å²) in [4.78, 5) is 9.90. The zero-order valence-corrected chi connectivity index (χ0v) is 11.1. The first-order valence-corrected chi connectivity index (χ1v) is 6.29. The van der Waals surface area contributed by atoms with Crippen LogP contribution in [-0.2, 0) is 6.42 Å². The van der Waals surface area contributed by atoms with Gasteiger partial charge in [-0.25, -0.2) is 4.39 Å². The number of hydrogen-bond acceptors (Lipinski definition) is 3. The van der Waals surface area contributed by atoms with Gasteiger partial charge in [0.25, 0.3) is 5.69 Å². The molecule has 0 atom stereocenters. The number of non-ortho nitro benzene ring substituents is 1. The number of benzene rings is 2. The zero-order chi connectivity index (χ0) is 14.5. The van der Waals surface area contributed by atoms with E-state index in [1.807, 2.05) is 25.1 Å². The van der Waals surface area contributed by atoms with Crippen molar-refractivity contribution in [2.75, 3.05) is 11.9 Å². The minimum atomic E-state index is -0.612. The maximum Gasteiger partial charge on any atom is 0.272 e. The fourth-order valence-electron chi connectivity index (χ4n) is 1.97. The Bertz CT molecular complexity index is 629. The normalized spacial score (nSPS) is 10.3. The number of nitrogens with zero attached hydrogens (tertiary/aromatic N) is 1. The molecule has 4 nitrogen and oxygen atoms in total. The topological polar surface area (TPSA) is 55.2 Å². The average molecular weight is 274 g/mol. The summed E-state index contributed by atoms with van der Waals surface area (Å²) >= 11 is 0. The van der Waals surface area contributed by atoms with Crippen LogP contribution in [0.1, 0.15) is 11.1 Å². The van der Waals surface area contributed by atoms with Gasteiger partial charge < -0.3 is 5.32 Å². The van der Waals surface area contributed by atoms with Gasteiger partial charge in [-0.1, -0.05) is 29.8 Å². The van der Waals surface area contributed by atoms with Gasteiger partial charge in [-0.15, -0.1) is 0 Å². The van der Waals surface area contributed by atoms with E-state index in [4.69, 9.17) is 0 Å². The zero-order valence-electron chi connectivity index (χ0n) is 11.1. The van der Waals surface area contributed by atoms with Gasteiger partial charge >= 0.3 is 0 Å². The fraction of sp³-hybridized carbons (Fsp3) is 0.200. The van der Waals surface area contributed by atoms with E-state index in [-0.39, 0.29) is 11.4 Å². The van der Waals surface area contributed by atoms with Crippen LogP contribution >= 0.6 is 0 Å². The van der Waals surface area contributed by atoms with Crippen LogP contribution in [0.2, 0.25) is 0 Å². The Kier molecular flexibility index (Phi) is 4.30. The lowest BCUT2D eigenvalue weighted by Gasteiger charge is -2.08. The van der Waals surface area contributed by atoms with Crippen LogP contribution in [-0.4, -0.2) is 11.5 Å². The summed E-state index contributed by atoms with van der Waals surface area (Å²) in [5.74, 6) is -0.608. The van der Waals surface area contributed by atoms with E-state index in [1.54, 1.807) is 0 Å². The van der Waals surface area contributed by atoms with Crippen molar-refractivity contribution in [1.82, 2.24) is 0 Å². The Labute approximate surface area is 116 Å². The minimum Gasteiger partial charge on any atom is -0.382 e. The Morgan fingerprint density at radius 1 is 1.25 bits per heavy atom. The molecule has 2 rings (SSSR count). The van der Waals surface area contributed by atoms with Gasteiger partial charge in [0.2, 0.25) is 0 Å². The van der Waals surface area contributed by atoms with Crippen molar-refractivity contribution in [1.29, 1.82) is 0 Å². The summed E-state index contributed by atoms with van der Waals surface area (Å²) in [7, 11) is 0. The van der Waals surface area contributed by atoms with Crippen molar-refractivity contribution < 1.29 is 9.31 Å². The molecule has 0 unspecified atom stereocenters. The molecule has 0 aliphatic heterocycles. The van der Waals surface area contributed by atoms with Crippen molar-refractivity contribution in [3.63, 3.8) is 0 Å². The van der Waals surface area contributed by atoms with Gasteiger partial charge in [-0.3, -0.25) is 10.1 Å². The number of anilines is 1. The summed E-state index contributed by atoms with van der Waals surface area (Å²) in [5.41, 5.74) is 2.39. The third-order valence-electron chi connectivity index (χ3n) is 2.98. The summed E-state index contributed by atoms with van der Waals surface area (Å²) in [6.07, 6.45) is 0.762. The fourth-order valence-corrected chi connectivity index (χ4v) is 1.97. The molecule has 0 heterocycles. The first kappa shape index (κ1) is 14.0. The Balaban J connectivity index is 1.96. The lowest BCUT2D eigenvalue weighted by molar-refractivity contribution is -0.385. The third kappa shape index (κ3) is 3.54. The molecule has 0 radical (unpaired) electrons. The highest BCUT2D eigenvalue weighted by atomic mass is 19.1. The van der Waals surface area contributed by atoms with Crippen molar-refractivity contribution in [2.24, 2.45) is 0 Å². The van der Waals surface area contributed by atoms with Crippen molar-refractivity contribution >= 4 is 11.4 Å². The number of rotatable bonds is 5. The van der Waals surface area contributed by atoms with Crippen LogP contribution in [0, 0.1) is 22.9 Å². The molecule has 2 aromatic rings. The summed E-state index contributed by atoms with van der Waals surface area (Å²) in [6, 6.07) is 11.7. The monoisotopic (exact) mass is 274 g/mol. The summed E-state index contributed by atoms with van der Waals surface area (Å²) in [6.45, 7) is 2.59. The summed E-state index contributed by atoms with van der Waals surface area (Å²) < 4.78 is 13.6. The number of hydrogen-bond donors (Lipinski definition) is 1. The van der Waals surface area contributed by atoms with Crippen LogP contribution in [0.15, 0.2) is 42.5 Å². The lowest BCUT2D eigenvalue weighted by Crippen LogP contribution is -2.06. The van der Waals surface area contributed by atoms with Crippen LogP contribution in [0.25, 0.3) is 0 Å². The SMILES string of the molecule is Cc1cccc(CCNc2ccc([N+](=O)[O-])cc2F)c1. The average Bonchev–Trinajstić information content (AvgIpc) is 2.40. The maximum atomic E-state index is 13.6. The second-order valence-corrected chi connectivity index (χ2v) is 4.59. The highest BCUT2D eigenvalue weighted by Crippen LogP contribution is 2.20. The van der Waals surface area contributed by atoms with Crippen molar-refractivity contribution in [3.8, 4) is 0 Å².